The summed E-state index contributed by atoms with van der Waals surface area (Å²) in [6, 6.07) is 4.77. The Morgan fingerprint density at radius 2 is 2.09 bits per heavy atom. The zero-order valence-electron chi connectivity index (χ0n) is 13.1. The summed E-state index contributed by atoms with van der Waals surface area (Å²) < 4.78 is 0. The third kappa shape index (κ3) is 3.33. The molecular formula is C16H22ClN3O3. The summed E-state index contributed by atoms with van der Waals surface area (Å²) in [5.41, 5.74) is 7.28. The minimum atomic E-state index is -0.424. The SMILES string of the molecule is Cc1cc(C(=O)N2CC3CCCC(N)C3C2)ccc1[N+](=O)[O-].Cl. The molecule has 1 heterocycles. The number of hydrogen-bond acceptors (Lipinski definition) is 4. The average Bonchev–Trinajstić information content (AvgIpc) is 2.91. The predicted molar refractivity (Wildman–Crippen MR) is 89.8 cm³/mol. The van der Waals surface area contributed by atoms with Gasteiger partial charge in [-0.15, -0.1) is 12.4 Å². The van der Waals surface area contributed by atoms with Crippen molar-refractivity contribution in [2.24, 2.45) is 17.6 Å². The fraction of sp³-hybridized carbons (Fsp3) is 0.562. The van der Waals surface area contributed by atoms with E-state index in [0.29, 0.717) is 29.5 Å². The van der Waals surface area contributed by atoms with Crippen LogP contribution in [-0.4, -0.2) is 34.9 Å². The van der Waals surface area contributed by atoms with Crippen molar-refractivity contribution in [3.63, 3.8) is 0 Å². The maximum Gasteiger partial charge on any atom is 0.272 e. The van der Waals surface area contributed by atoms with Crippen molar-refractivity contribution in [3.8, 4) is 0 Å². The van der Waals surface area contributed by atoms with Crippen LogP contribution >= 0.6 is 12.4 Å². The topological polar surface area (TPSA) is 89.5 Å². The van der Waals surface area contributed by atoms with Crippen molar-refractivity contribution >= 4 is 24.0 Å². The summed E-state index contributed by atoms with van der Waals surface area (Å²) in [6.07, 6.45) is 3.32. The maximum absolute atomic E-state index is 12.6. The molecule has 2 fully saturated rings. The lowest BCUT2D eigenvalue weighted by atomic mass is 9.78. The highest BCUT2D eigenvalue weighted by Crippen LogP contribution is 2.36. The molecule has 0 bridgehead atoms. The third-order valence-corrected chi connectivity index (χ3v) is 5.08. The van der Waals surface area contributed by atoms with Crippen LogP contribution in [0.2, 0.25) is 0 Å². The second-order valence-electron chi connectivity index (χ2n) is 6.49. The number of hydrogen-bond donors (Lipinski definition) is 1. The normalized spacial score (nSPS) is 26.3. The van der Waals surface area contributed by atoms with Crippen molar-refractivity contribution in [1.82, 2.24) is 4.90 Å². The Labute approximate surface area is 141 Å². The number of carbonyl (C=O) groups is 1. The van der Waals surface area contributed by atoms with Crippen LogP contribution in [0.4, 0.5) is 5.69 Å². The van der Waals surface area contributed by atoms with E-state index in [1.54, 1.807) is 19.1 Å². The first-order valence-corrected chi connectivity index (χ1v) is 7.77. The van der Waals surface area contributed by atoms with E-state index < -0.39 is 4.92 Å². The first-order chi connectivity index (χ1) is 10.5. The van der Waals surface area contributed by atoms with E-state index in [4.69, 9.17) is 5.73 Å². The highest BCUT2D eigenvalue weighted by atomic mass is 35.5. The van der Waals surface area contributed by atoms with E-state index in [1.165, 1.54) is 6.07 Å². The molecule has 0 radical (unpaired) electrons. The molecule has 6 nitrogen and oxygen atoms in total. The van der Waals surface area contributed by atoms with Crippen molar-refractivity contribution < 1.29 is 9.72 Å². The van der Waals surface area contributed by atoms with Crippen LogP contribution in [0.3, 0.4) is 0 Å². The highest BCUT2D eigenvalue weighted by molar-refractivity contribution is 5.95. The van der Waals surface area contributed by atoms with E-state index in [1.807, 2.05) is 4.90 Å². The predicted octanol–water partition coefficient (Wildman–Crippen LogP) is 2.52. The Balaban J connectivity index is 0.00000192. The van der Waals surface area contributed by atoms with Gasteiger partial charge >= 0.3 is 0 Å². The fourth-order valence-corrected chi connectivity index (χ4v) is 3.86. The number of aryl methyl sites for hydroxylation is 1. The number of benzene rings is 1. The van der Waals surface area contributed by atoms with Gasteiger partial charge in [0.2, 0.25) is 0 Å². The zero-order valence-corrected chi connectivity index (χ0v) is 13.9. The lowest BCUT2D eigenvalue weighted by Gasteiger charge is -2.29. The molecule has 0 spiro atoms. The number of nitro groups is 1. The molecule has 1 aliphatic heterocycles. The lowest BCUT2D eigenvalue weighted by molar-refractivity contribution is -0.385. The number of halogens is 1. The van der Waals surface area contributed by atoms with Gasteiger partial charge in [-0.25, -0.2) is 0 Å². The van der Waals surface area contributed by atoms with E-state index in [0.717, 1.165) is 25.8 Å². The molecule has 1 aromatic rings. The van der Waals surface area contributed by atoms with Crippen molar-refractivity contribution in [2.75, 3.05) is 13.1 Å². The molecule has 2 N–H and O–H groups in total. The smallest absolute Gasteiger partial charge is 0.272 e. The summed E-state index contributed by atoms with van der Waals surface area (Å²) in [4.78, 5) is 24.9. The monoisotopic (exact) mass is 339 g/mol. The second kappa shape index (κ2) is 6.84. The molecule has 3 unspecified atom stereocenters. The molecule has 3 rings (SSSR count). The Kier molecular flexibility index (Phi) is 5.26. The van der Waals surface area contributed by atoms with Gasteiger partial charge in [-0.2, -0.15) is 0 Å². The van der Waals surface area contributed by atoms with Crippen LogP contribution in [0.25, 0.3) is 0 Å². The molecule has 1 aliphatic carbocycles. The number of nitrogens with two attached hydrogens (primary N) is 1. The summed E-state index contributed by atoms with van der Waals surface area (Å²) in [5, 5.41) is 10.9. The molecular weight excluding hydrogens is 318 g/mol. The van der Waals surface area contributed by atoms with Crippen LogP contribution in [0, 0.1) is 28.9 Å². The molecule has 0 aromatic heterocycles. The Morgan fingerprint density at radius 1 is 1.35 bits per heavy atom. The van der Waals surface area contributed by atoms with Gasteiger partial charge in [-0.3, -0.25) is 14.9 Å². The van der Waals surface area contributed by atoms with Crippen LogP contribution in [0.5, 0.6) is 0 Å². The summed E-state index contributed by atoms with van der Waals surface area (Å²) in [6.45, 7) is 3.13. The number of nitro benzene ring substituents is 1. The van der Waals surface area contributed by atoms with Crippen molar-refractivity contribution in [2.45, 2.75) is 32.2 Å². The standard InChI is InChI=1S/C16H21N3O3.ClH/c1-10-7-11(5-6-15(10)19(21)22)16(20)18-8-12-3-2-4-14(17)13(12)9-18;/h5-7,12-14H,2-4,8-9,17H2,1H3;1H. The first-order valence-electron chi connectivity index (χ1n) is 7.77. The van der Waals surface area contributed by atoms with Gasteiger partial charge in [0, 0.05) is 36.3 Å². The van der Waals surface area contributed by atoms with Crippen molar-refractivity contribution in [1.29, 1.82) is 0 Å². The zero-order chi connectivity index (χ0) is 15.9. The number of likely N-dealkylation sites (tertiary alicyclic amines) is 1. The number of fused-ring (bicyclic) bond motifs is 1. The fourth-order valence-electron chi connectivity index (χ4n) is 3.86. The van der Waals surface area contributed by atoms with E-state index in [-0.39, 0.29) is 30.0 Å². The number of carbonyl (C=O) groups excluding carboxylic acids is 1. The average molecular weight is 340 g/mol. The first kappa shape index (κ1) is 17.7. The highest BCUT2D eigenvalue weighted by Gasteiger charge is 2.40. The summed E-state index contributed by atoms with van der Waals surface area (Å²) in [7, 11) is 0. The molecule has 23 heavy (non-hydrogen) atoms. The van der Waals surface area contributed by atoms with E-state index in [2.05, 4.69) is 0 Å². The number of rotatable bonds is 2. The van der Waals surface area contributed by atoms with Crippen LogP contribution in [-0.2, 0) is 0 Å². The van der Waals surface area contributed by atoms with Gasteiger partial charge in [-0.1, -0.05) is 6.42 Å². The minimum absolute atomic E-state index is 0. The largest absolute Gasteiger partial charge is 0.338 e. The quantitative estimate of drug-likeness (QED) is 0.662. The van der Waals surface area contributed by atoms with E-state index >= 15 is 0 Å². The molecule has 1 saturated heterocycles. The van der Waals surface area contributed by atoms with Gasteiger partial charge in [0.1, 0.15) is 0 Å². The molecule has 1 saturated carbocycles. The van der Waals surface area contributed by atoms with Crippen molar-refractivity contribution in [3.05, 3.63) is 39.4 Å². The van der Waals surface area contributed by atoms with Gasteiger partial charge in [0.05, 0.1) is 4.92 Å². The van der Waals surface area contributed by atoms with Crippen LogP contribution < -0.4 is 5.73 Å². The van der Waals surface area contributed by atoms with Gasteiger partial charge in [0.25, 0.3) is 11.6 Å². The Morgan fingerprint density at radius 3 is 2.70 bits per heavy atom. The second-order valence-corrected chi connectivity index (χ2v) is 6.49. The Bertz CT molecular complexity index is 623. The van der Waals surface area contributed by atoms with Gasteiger partial charge in [-0.05, 0) is 43.7 Å². The summed E-state index contributed by atoms with van der Waals surface area (Å²) in [5.74, 6) is 0.864. The molecule has 1 aromatic carbocycles. The van der Waals surface area contributed by atoms with Crippen LogP contribution in [0.15, 0.2) is 18.2 Å². The maximum atomic E-state index is 12.6. The lowest BCUT2D eigenvalue weighted by Crippen LogP contribution is -2.38. The minimum Gasteiger partial charge on any atom is -0.338 e. The van der Waals surface area contributed by atoms with Gasteiger partial charge in [0.15, 0.2) is 0 Å². The molecule has 3 atom stereocenters. The van der Waals surface area contributed by atoms with Gasteiger partial charge < -0.3 is 10.6 Å². The molecule has 7 heteroatoms. The Hall–Kier alpha value is -1.66. The van der Waals surface area contributed by atoms with E-state index in [9.17, 15) is 14.9 Å². The third-order valence-electron chi connectivity index (χ3n) is 5.08. The number of amides is 1. The number of nitrogens with zero attached hydrogens (tertiary/aromatic N) is 2. The van der Waals surface area contributed by atoms with Crippen LogP contribution in [0.1, 0.15) is 35.2 Å². The summed E-state index contributed by atoms with van der Waals surface area (Å²) >= 11 is 0. The molecule has 1 amide bonds. The molecule has 2 aliphatic rings. The molecule has 126 valence electrons.